The number of rotatable bonds is 6. The van der Waals surface area contributed by atoms with Crippen molar-refractivity contribution in [3.05, 3.63) is 37.7 Å². The molecule has 0 saturated heterocycles. The first-order valence-electron chi connectivity index (χ1n) is 7.40. The summed E-state index contributed by atoms with van der Waals surface area (Å²) in [4.78, 5) is 22.4. The molecule has 1 N–H and O–H groups in total. The summed E-state index contributed by atoms with van der Waals surface area (Å²) in [6.07, 6.45) is 0. The Morgan fingerprint density at radius 1 is 1.42 bits per heavy atom. The summed E-state index contributed by atoms with van der Waals surface area (Å²) in [6, 6.07) is 0.945. The van der Waals surface area contributed by atoms with Gasteiger partial charge >= 0.3 is 5.82 Å². The van der Waals surface area contributed by atoms with E-state index in [9.17, 15) is 14.9 Å². The van der Waals surface area contributed by atoms with E-state index in [0.717, 1.165) is 15.9 Å². The highest BCUT2D eigenvalue weighted by Crippen LogP contribution is 2.22. The monoisotopic (exact) mass is 398 g/mol. The number of hydrogen-bond acceptors (Lipinski definition) is 5. The van der Waals surface area contributed by atoms with Gasteiger partial charge in [-0.25, -0.2) is 0 Å². The van der Waals surface area contributed by atoms with Crippen molar-refractivity contribution in [1.82, 2.24) is 24.9 Å². The molecule has 10 heteroatoms. The lowest BCUT2D eigenvalue weighted by Crippen LogP contribution is -2.34. The van der Waals surface area contributed by atoms with E-state index in [1.54, 1.807) is 18.5 Å². The Balaban J connectivity index is 1.95. The minimum absolute atomic E-state index is 0.174. The molecular formula is C14H19BrN6O3. The van der Waals surface area contributed by atoms with Crippen LogP contribution in [-0.4, -0.2) is 36.9 Å². The van der Waals surface area contributed by atoms with Crippen molar-refractivity contribution in [1.29, 1.82) is 0 Å². The summed E-state index contributed by atoms with van der Waals surface area (Å²) < 4.78 is 4.06. The molecule has 1 atom stereocenters. The SMILES string of the molecule is Cc1nn(C(C)C(=O)NCCn2nc([N+](=O)[O-])cc2C)c(C)c1Br. The molecule has 0 aliphatic heterocycles. The van der Waals surface area contributed by atoms with Gasteiger partial charge in [0.25, 0.3) is 0 Å². The van der Waals surface area contributed by atoms with Gasteiger partial charge in [0.1, 0.15) is 6.04 Å². The van der Waals surface area contributed by atoms with Gasteiger partial charge in [-0.15, -0.1) is 0 Å². The Labute approximate surface area is 147 Å². The van der Waals surface area contributed by atoms with E-state index >= 15 is 0 Å². The van der Waals surface area contributed by atoms with Gasteiger partial charge in [-0.05, 0) is 48.5 Å². The second kappa shape index (κ2) is 7.12. The maximum Gasteiger partial charge on any atom is 0.390 e. The van der Waals surface area contributed by atoms with Crippen LogP contribution in [0.15, 0.2) is 10.5 Å². The minimum atomic E-state index is -0.537. The molecule has 0 bridgehead atoms. The van der Waals surface area contributed by atoms with Gasteiger partial charge in [-0.3, -0.25) is 9.48 Å². The number of amides is 1. The number of hydrogen-bond donors (Lipinski definition) is 1. The van der Waals surface area contributed by atoms with Crippen molar-refractivity contribution >= 4 is 27.7 Å². The lowest BCUT2D eigenvalue weighted by atomic mass is 10.3. The van der Waals surface area contributed by atoms with Gasteiger partial charge in [-0.2, -0.15) is 9.78 Å². The quantitative estimate of drug-likeness (QED) is 0.591. The highest BCUT2D eigenvalue weighted by Gasteiger charge is 2.20. The van der Waals surface area contributed by atoms with Crippen molar-refractivity contribution in [2.45, 2.75) is 40.3 Å². The molecule has 0 spiro atoms. The highest BCUT2D eigenvalue weighted by molar-refractivity contribution is 9.10. The first-order chi connectivity index (χ1) is 11.2. The van der Waals surface area contributed by atoms with Crippen LogP contribution in [0.25, 0.3) is 0 Å². The molecule has 0 aliphatic carbocycles. The predicted molar refractivity (Wildman–Crippen MR) is 90.7 cm³/mol. The van der Waals surface area contributed by atoms with E-state index in [0.29, 0.717) is 18.8 Å². The molecule has 1 amide bonds. The number of nitrogens with zero attached hydrogens (tertiary/aromatic N) is 5. The van der Waals surface area contributed by atoms with Gasteiger partial charge in [0.2, 0.25) is 5.91 Å². The fraction of sp³-hybridized carbons (Fsp3) is 0.500. The van der Waals surface area contributed by atoms with Gasteiger partial charge < -0.3 is 15.4 Å². The third-order valence-corrected chi connectivity index (χ3v) is 4.91. The number of aryl methyl sites for hydroxylation is 2. The smallest absolute Gasteiger partial charge is 0.358 e. The molecule has 2 heterocycles. The first kappa shape index (κ1) is 18.1. The molecular weight excluding hydrogens is 380 g/mol. The van der Waals surface area contributed by atoms with Crippen LogP contribution < -0.4 is 5.32 Å². The third-order valence-electron chi connectivity index (χ3n) is 3.76. The van der Waals surface area contributed by atoms with E-state index in [1.165, 1.54) is 10.7 Å². The van der Waals surface area contributed by atoms with E-state index in [-0.39, 0.29) is 11.7 Å². The Hall–Kier alpha value is -2.23. The molecule has 0 aliphatic rings. The fourth-order valence-corrected chi connectivity index (χ4v) is 2.63. The maximum absolute atomic E-state index is 12.3. The topological polar surface area (TPSA) is 108 Å². The number of aromatic nitrogens is 4. The number of nitro groups is 1. The van der Waals surface area contributed by atoms with Crippen LogP contribution in [0, 0.1) is 30.9 Å². The molecule has 2 aromatic heterocycles. The van der Waals surface area contributed by atoms with Gasteiger partial charge in [-0.1, -0.05) is 0 Å². The summed E-state index contributed by atoms with van der Waals surface area (Å²) in [5, 5.41) is 21.7. The lowest BCUT2D eigenvalue weighted by molar-refractivity contribution is -0.389. The second-order valence-electron chi connectivity index (χ2n) is 5.52. The Morgan fingerprint density at radius 3 is 2.58 bits per heavy atom. The molecule has 24 heavy (non-hydrogen) atoms. The van der Waals surface area contributed by atoms with Gasteiger partial charge in [0.15, 0.2) is 0 Å². The Bertz CT molecular complexity index is 782. The van der Waals surface area contributed by atoms with Crippen LogP contribution in [0.3, 0.4) is 0 Å². The number of nitrogens with one attached hydrogen (secondary N) is 1. The minimum Gasteiger partial charge on any atom is -0.358 e. The number of carbonyl (C=O) groups is 1. The van der Waals surface area contributed by atoms with E-state index in [2.05, 4.69) is 31.4 Å². The van der Waals surface area contributed by atoms with Crippen LogP contribution in [0.4, 0.5) is 5.82 Å². The van der Waals surface area contributed by atoms with E-state index in [1.807, 2.05) is 13.8 Å². The zero-order valence-corrected chi connectivity index (χ0v) is 15.5. The van der Waals surface area contributed by atoms with Crippen molar-refractivity contribution in [2.75, 3.05) is 6.54 Å². The Kier molecular flexibility index (Phi) is 5.37. The molecule has 0 saturated carbocycles. The normalized spacial score (nSPS) is 12.2. The molecule has 0 radical (unpaired) electrons. The molecule has 130 valence electrons. The van der Waals surface area contributed by atoms with Crippen LogP contribution in [0.2, 0.25) is 0 Å². The molecule has 0 aromatic carbocycles. The van der Waals surface area contributed by atoms with Crippen molar-refractivity contribution < 1.29 is 9.72 Å². The summed E-state index contributed by atoms with van der Waals surface area (Å²) in [5.74, 6) is -0.368. The van der Waals surface area contributed by atoms with Crippen LogP contribution in [-0.2, 0) is 11.3 Å². The molecule has 2 aromatic rings. The Morgan fingerprint density at radius 2 is 2.08 bits per heavy atom. The predicted octanol–water partition coefficient (Wildman–Crippen LogP) is 2.05. The molecule has 2 rings (SSSR count). The van der Waals surface area contributed by atoms with Crippen LogP contribution in [0.5, 0.6) is 0 Å². The van der Waals surface area contributed by atoms with E-state index < -0.39 is 11.0 Å². The van der Waals surface area contributed by atoms with Crippen LogP contribution in [0.1, 0.15) is 30.0 Å². The van der Waals surface area contributed by atoms with Gasteiger partial charge in [0, 0.05) is 6.54 Å². The summed E-state index contributed by atoms with van der Waals surface area (Å²) in [5.41, 5.74) is 2.38. The fourth-order valence-electron chi connectivity index (χ4n) is 2.37. The zero-order chi connectivity index (χ0) is 18.0. The number of halogens is 1. The first-order valence-corrected chi connectivity index (χ1v) is 8.19. The van der Waals surface area contributed by atoms with Crippen LogP contribution >= 0.6 is 15.9 Å². The average Bonchev–Trinajstić information content (AvgIpc) is 3.02. The largest absolute Gasteiger partial charge is 0.390 e. The third kappa shape index (κ3) is 3.64. The summed E-state index contributed by atoms with van der Waals surface area (Å²) in [7, 11) is 0. The molecule has 0 fully saturated rings. The number of carbonyl (C=O) groups excluding carboxylic acids is 1. The second-order valence-corrected chi connectivity index (χ2v) is 6.31. The summed E-state index contributed by atoms with van der Waals surface area (Å²) in [6.45, 7) is 7.94. The highest BCUT2D eigenvalue weighted by atomic mass is 79.9. The average molecular weight is 399 g/mol. The van der Waals surface area contributed by atoms with Crippen molar-refractivity contribution in [3.63, 3.8) is 0 Å². The molecule has 1 unspecified atom stereocenters. The van der Waals surface area contributed by atoms with E-state index in [4.69, 9.17) is 0 Å². The van der Waals surface area contributed by atoms with Gasteiger partial charge in [0.05, 0.1) is 39.3 Å². The maximum atomic E-state index is 12.3. The molecule has 9 nitrogen and oxygen atoms in total. The standard InChI is InChI=1S/C14H19BrN6O3/c1-8-7-12(21(23)24)18-19(8)6-5-16-14(22)11(4)20-10(3)13(15)9(2)17-20/h7,11H,5-6H2,1-4H3,(H,16,22). The lowest BCUT2D eigenvalue weighted by Gasteiger charge is -2.14. The van der Waals surface area contributed by atoms with Crippen molar-refractivity contribution in [3.8, 4) is 0 Å². The van der Waals surface area contributed by atoms with Crippen molar-refractivity contribution in [2.24, 2.45) is 0 Å². The summed E-state index contributed by atoms with van der Waals surface area (Å²) >= 11 is 3.44. The zero-order valence-electron chi connectivity index (χ0n) is 13.9.